The maximum Gasteiger partial charge on any atom is 0.212 e. The van der Waals surface area contributed by atoms with E-state index in [2.05, 4.69) is 49.0 Å². The predicted octanol–water partition coefficient (Wildman–Crippen LogP) is 2.84. The smallest absolute Gasteiger partial charge is 0.212 e. The molecular formula is C17H23N3O. The molecule has 4 heteroatoms. The van der Waals surface area contributed by atoms with Crippen molar-refractivity contribution in [1.82, 2.24) is 4.98 Å². The van der Waals surface area contributed by atoms with Crippen LogP contribution < -0.4 is 15.4 Å². The molecule has 0 bridgehead atoms. The van der Waals surface area contributed by atoms with Gasteiger partial charge < -0.3 is 15.4 Å². The number of ether oxygens (including phenoxy) is 1. The highest BCUT2D eigenvalue weighted by Crippen LogP contribution is 2.28. The Morgan fingerprint density at radius 2 is 2.00 bits per heavy atom. The van der Waals surface area contributed by atoms with Gasteiger partial charge in [0.2, 0.25) is 5.88 Å². The fourth-order valence-corrected chi connectivity index (χ4v) is 2.60. The normalized spacial score (nSPS) is 12.0. The lowest BCUT2D eigenvalue weighted by Gasteiger charge is -2.30. The van der Waals surface area contributed by atoms with Crippen LogP contribution in [0.5, 0.6) is 5.88 Å². The van der Waals surface area contributed by atoms with Crippen molar-refractivity contribution in [2.45, 2.75) is 19.9 Å². The van der Waals surface area contributed by atoms with Crippen LogP contribution in [0.15, 0.2) is 36.5 Å². The van der Waals surface area contributed by atoms with Crippen LogP contribution in [0.3, 0.4) is 0 Å². The second-order valence-electron chi connectivity index (χ2n) is 5.29. The molecule has 4 nitrogen and oxygen atoms in total. The van der Waals surface area contributed by atoms with Gasteiger partial charge >= 0.3 is 0 Å². The molecule has 2 rings (SSSR count). The largest absolute Gasteiger partial charge is 0.481 e. The van der Waals surface area contributed by atoms with Crippen LogP contribution in [-0.4, -0.2) is 25.7 Å². The molecule has 0 radical (unpaired) electrons. The third-order valence-corrected chi connectivity index (χ3v) is 3.78. The van der Waals surface area contributed by atoms with Gasteiger partial charge in [0.15, 0.2) is 0 Å². The zero-order valence-corrected chi connectivity index (χ0v) is 13.1. The predicted molar refractivity (Wildman–Crippen MR) is 86.9 cm³/mol. The Morgan fingerprint density at radius 3 is 2.52 bits per heavy atom. The van der Waals surface area contributed by atoms with Gasteiger partial charge in [0, 0.05) is 31.5 Å². The molecule has 1 atom stereocenters. The highest BCUT2D eigenvalue weighted by atomic mass is 16.5. The second kappa shape index (κ2) is 6.59. The molecule has 0 aliphatic heterocycles. The number of pyridine rings is 1. The van der Waals surface area contributed by atoms with Gasteiger partial charge in [-0.2, -0.15) is 0 Å². The van der Waals surface area contributed by atoms with Crippen molar-refractivity contribution in [3.05, 3.63) is 53.2 Å². The SMILES string of the molecule is COc1ccc(C(CN)N(C)c2ccc(C)cc2C)cn1. The van der Waals surface area contributed by atoms with Gasteiger partial charge in [0.05, 0.1) is 13.2 Å². The summed E-state index contributed by atoms with van der Waals surface area (Å²) in [6.07, 6.45) is 1.83. The van der Waals surface area contributed by atoms with Crippen LogP contribution >= 0.6 is 0 Å². The minimum Gasteiger partial charge on any atom is -0.481 e. The molecule has 21 heavy (non-hydrogen) atoms. The molecule has 1 aromatic carbocycles. The molecular weight excluding hydrogens is 262 g/mol. The number of nitrogens with zero attached hydrogens (tertiary/aromatic N) is 2. The lowest BCUT2D eigenvalue weighted by Crippen LogP contribution is -2.31. The zero-order valence-electron chi connectivity index (χ0n) is 13.1. The summed E-state index contributed by atoms with van der Waals surface area (Å²) in [4.78, 5) is 6.48. The van der Waals surface area contributed by atoms with Crippen molar-refractivity contribution in [2.24, 2.45) is 5.73 Å². The number of aromatic nitrogens is 1. The van der Waals surface area contributed by atoms with Crippen molar-refractivity contribution in [1.29, 1.82) is 0 Å². The van der Waals surface area contributed by atoms with Gasteiger partial charge in [0.25, 0.3) is 0 Å². The molecule has 1 aromatic heterocycles. The van der Waals surface area contributed by atoms with Crippen LogP contribution in [0.25, 0.3) is 0 Å². The monoisotopic (exact) mass is 285 g/mol. The first kappa shape index (κ1) is 15.3. The standard InChI is InChI=1S/C17H23N3O/c1-12-5-7-15(13(2)9-12)20(3)16(10-18)14-6-8-17(21-4)19-11-14/h5-9,11,16H,10,18H2,1-4H3. The van der Waals surface area contributed by atoms with E-state index in [1.165, 1.54) is 16.8 Å². The Bertz CT molecular complexity index is 595. The first-order chi connectivity index (χ1) is 10.1. The van der Waals surface area contributed by atoms with E-state index in [4.69, 9.17) is 10.5 Å². The summed E-state index contributed by atoms with van der Waals surface area (Å²) in [5.41, 5.74) is 10.8. The van der Waals surface area contributed by atoms with Gasteiger partial charge in [0.1, 0.15) is 0 Å². The number of anilines is 1. The maximum absolute atomic E-state index is 5.99. The second-order valence-corrected chi connectivity index (χ2v) is 5.29. The van der Waals surface area contributed by atoms with Crippen molar-refractivity contribution < 1.29 is 4.74 Å². The van der Waals surface area contributed by atoms with E-state index >= 15 is 0 Å². The summed E-state index contributed by atoms with van der Waals surface area (Å²) in [5, 5.41) is 0. The Labute approximate surface area is 126 Å². The Kier molecular flexibility index (Phi) is 4.81. The summed E-state index contributed by atoms with van der Waals surface area (Å²) in [5.74, 6) is 0.615. The van der Waals surface area contributed by atoms with E-state index in [1.54, 1.807) is 7.11 Å². The summed E-state index contributed by atoms with van der Waals surface area (Å²) in [6.45, 7) is 4.75. The fraction of sp³-hybridized carbons (Fsp3) is 0.353. The first-order valence-corrected chi connectivity index (χ1v) is 7.07. The van der Waals surface area contributed by atoms with E-state index in [1.807, 2.05) is 18.3 Å². The van der Waals surface area contributed by atoms with Crippen molar-refractivity contribution in [3.8, 4) is 5.88 Å². The van der Waals surface area contributed by atoms with Gasteiger partial charge in [-0.15, -0.1) is 0 Å². The first-order valence-electron chi connectivity index (χ1n) is 7.07. The Balaban J connectivity index is 2.30. The van der Waals surface area contributed by atoms with Crippen LogP contribution in [0.4, 0.5) is 5.69 Å². The number of methoxy groups -OCH3 is 1. The average Bonchev–Trinajstić information content (AvgIpc) is 2.48. The van der Waals surface area contributed by atoms with Crippen molar-refractivity contribution in [3.63, 3.8) is 0 Å². The lowest BCUT2D eigenvalue weighted by atomic mass is 10.0. The minimum absolute atomic E-state index is 0.0878. The topological polar surface area (TPSA) is 51.4 Å². The third kappa shape index (κ3) is 3.34. The summed E-state index contributed by atoms with van der Waals surface area (Å²) in [7, 11) is 3.68. The van der Waals surface area contributed by atoms with Crippen LogP contribution in [0.2, 0.25) is 0 Å². The third-order valence-electron chi connectivity index (χ3n) is 3.78. The van der Waals surface area contributed by atoms with Gasteiger partial charge in [-0.1, -0.05) is 23.8 Å². The highest BCUT2D eigenvalue weighted by Gasteiger charge is 2.18. The van der Waals surface area contributed by atoms with E-state index < -0.39 is 0 Å². The number of benzene rings is 1. The number of likely N-dealkylation sites (N-methyl/N-ethyl adjacent to an activating group) is 1. The number of rotatable bonds is 5. The van der Waals surface area contributed by atoms with Crippen LogP contribution in [0, 0.1) is 13.8 Å². The van der Waals surface area contributed by atoms with Crippen LogP contribution in [-0.2, 0) is 0 Å². The van der Waals surface area contributed by atoms with E-state index in [0.717, 1.165) is 5.56 Å². The van der Waals surface area contributed by atoms with Crippen LogP contribution in [0.1, 0.15) is 22.7 Å². The summed E-state index contributed by atoms with van der Waals surface area (Å²) < 4.78 is 5.10. The maximum atomic E-state index is 5.99. The molecule has 0 saturated carbocycles. The van der Waals surface area contributed by atoms with Crippen molar-refractivity contribution in [2.75, 3.05) is 25.6 Å². The molecule has 0 aliphatic carbocycles. The van der Waals surface area contributed by atoms with Gasteiger partial charge in [-0.25, -0.2) is 4.98 Å². The van der Waals surface area contributed by atoms with Gasteiger partial charge in [-0.3, -0.25) is 0 Å². The van der Waals surface area contributed by atoms with E-state index in [9.17, 15) is 0 Å². The molecule has 1 heterocycles. The molecule has 0 spiro atoms. The van der Waals surface area contributed by atoms with E-state index in [0.29, 0.717) is 12.4 Å². The molecule has 112 valence electrons. The van der Waals surface area contributed by atoms with Gasteiger partial charge in [-0.05, 0) is 31.0 Å². The average molecular weight is 285 g/mol. The molecule has 2 N–H and O–H groups in total. The molecule has 2 aromatic rings. The number of aryl methyl sites for hydroxylation is 2. The van der Waals surface area contributed by atoms with E-state index in [-0.39, 0.29) is 6.04 Å². The molecule has 0 saturated heterocycles. The Morgan fingerprint density at radius 1 is 1.24 bits per heavy atom. The molecule has 0 aliphatic rings. The summed E-state index contributed by atoms with van der Waals surface area (Å²) >= 11 is 0. The number of nitrogens with two attached hydrogens (primary N) is 1. The lowest BCUT2D eigenvalue weighted by molar-refractivity contribution is 0.397. The zero-order chi connectivity index (χ0) is 15.4. The molecule has 0 fully saturated rings. The summed E-state index contributed by atoms with van der Waals surface area (Å²) in [6, 6.07) is 10.4. The highest BCUT2D eigenvalue weighted by molar-refractivity contribution is 5.55. The molecule has 0 amide bonds. The molecule has 1 unspecified atom stereocenters. The fourth-order valence-electron chi connectivity index (χ4n) is 2.60. The quantitative estimate of drug-likeness (QED) is 0.918. The number of hydrogen-bond donors (Lipinski definition) is 1. The number of hydrogen-bond acceptors (Lipinski definition) is 4. The minimum atomic E-state index is 0.0878. The van der Waals surface area contributed by atoms with Crippen molar-refractivity contribution >= 4 is 5.69 Å². The Hall–Kier alpha value is -2.07.